The van der Waals surface area contributed by atoms with Gasteiger partial charge >= 0.3 is 0 Å². The van der Waals surface area contributed by atoms with Crippen LogP contribution < -0.4 is 15.4 Å². The van der Waals surface area contributed by atoms with E-state index in [1.807, 2.05) is 6.92 Å². The maximum absolute atomic E-state index is 5.93. The first-order valence-electron chi connectivity index (χ1n) is 10.5. The molecule has 2 aromatic rings. The molecular weight excluding hydrogens is 503 g/mol. The molecule has 0 saturated carbocycles. The highest BCUT2D eigenvalue weighted by molar-refractivity contribution is 14.0. The highest BCUT2D eigenvalue weighted by Gasteiger charge is 2.07. The molecule has 2 N–H and O–H groups in total. The average Bonchev–Trinajstić information content (AvgIpc) is 2.72. The first-order valence-corrected chi connectivity index (χ1v) is 10.5. The maximum Gasteiger partial charge on any atom is 0.191 e. The highest BCUT2D eigenvalue weighted by atomic mass is 127. The number of rotatable bonds is 11. The molecule has 0 unspecified atom stereocenters. The molecular formula is C24H37IN4O2. The van der Waals surface area contributed by atoms with E-state index in [-0.39, 0.29) is 24.0 Å². The van der Waals surface area contributed by atoms with Gasteiger partial charge in [0.05, 0.1) is 6.61 Å². The number of aliphatic imine (C=N–C) groups is 1. The van der Waals surface area contributed by atoms with Gasteiger partial charge < -0.3 is 25.0 Å². The van der Waals surface area contributed by atoms with Crippen molar-refractivity contribution in [2.45, 2.75) is 33.5 Å². The topological polar surface area (TPSA) is 58.1 Å². The second kappa shape index (κ2) is 15.0. The lowest BCUT2D eigenvalue weighted by molar-refractivity contribution is 0.110. The van der Waals surface area contributed by atoms with E-state index in [1.165, 1.54) is 16.7 Å². The molecule has 0 amide bonds. The molecule has 0 saturated heterocycles. The fraction of sp³-hybridized carbons (Fsp3) is 0.458. The Morgan fingerprint density at radius 3 is 2.45 bits per heavy atom. The van der Waals surface area contributed by atoms with E-state index >= 15 is 0 Å². The summed E-state index contributed by atoms with van der Waals surface area (Å²) in [6, 6.07) is 14.9. The van der Waals surface area contributed by atoms with Crippen molar-refractivity contribution in [3.05, 3.63) is 64.7 Å². The molecule has 172 valence electrons. The Labute approximate surface area is 204 Å². The fourth-order valence-electron chi connectivity index (χ4n) is 3.09. The Morgan fingerprint density at radius 2 is 1.74 bits per heavy atom. The van der Waals surface area contributed by atoms with E-state index in [0.717, 1.165) is 23.8 Å². The van der Waals surface area contributed by atoms with Gasteiger partial charge in [-0.25, -0.2) is 0 Å². The van der Waals surface area contributed by atoms with Gasteiger partial charge in [-0.2, -0.15) is 0 Å². The van der Waals surface area contributed by atoms with E-state index in [2.05, 4.69) is 84.0 Å². The number of nitrogens with one attached hydrogen (secondary N) is 2. The largest absolute Gasteiger partial charge is 0.491 e. The van der Waals surface area contributed by atoms with Crippen molar-refractivity contribution < 1.29 is 9.47 Å². The van der Waals surface area contributed by atoms with Crippen LogP contribution in [0.4, 0.5) is 0 Å². The zero-order chi connectivity index (χ0) is 21.8. The summed E-state index contributed by atoms with van der Waals surface area (Å²) in [5, 5.41) is 6.78. The number of nitrogens with zero attached hydrogens (tertiary/aromatic N) is 2. The van der Waals surface area contributed by atoms with Crippen LogP contribution in [0, 0.1) is 6.92 Å². The van der Waals surface area contributed by atoms with E-state index in [0.29, 0.717) is 32.9 Å². The van der Waals surface area contributed by atoms with Crippen LogP contribution in [0.5, 0.6) is 5.75 Å². The minimum atomic E-state index is 0. The lowest BCUT2D eigenvalue weighted by Crippen LogP contribution is -2.36. The number of halogens is 1. The Bertz CT molecular complexity index is 812. The number of benzene rings is 2. The molecule has 0 aliphatic rings. The summed E-state index contributed by atoms with van der Waals surface area (Å²) >= 11 is 0. The van der Waals surface area contributed by atoms with Crippen LogP contribution in [0.3, 0.4) is 0 Å². The zero-order valence-corrected chi connectivity index (χ0v) is 21.7. The van der Waals surface area contributed by atoms with E-state index in [9.17, 15) is 0 Å². The number of hydrogen-bond donors (Lipinski definition) is 2. The van der Waals surface area contributed by atoms with Gasteiger partial charge in [0.1, 0.15) is 12.4 Å². The summed E-state index contributed by atoms with van der Waals surface area (Å²) in [5.41, 5.74) is 4.79. The number of ether oxygens (including phenoxy) is 2. The molecule has 0 atom stereocenters. The van der Waals surface area contributed by atoms with Crippen LogP contribution in [0.15, 0.2) is 47.5 Å². The predicted molar refractivity (Wildman–Crippen MR) is 139 cm³/mol. The van der Waals surface area contributed by atoms with Crippen molar-refractivity contribution in [3.8, 4) is 5.75 Å². The van der Waals surface area contributed by atoms with E-state index in [1.54, 1.807) is 7.05 Å². The zero-order valence-electron chi connectivity index (χ0n) is 19.4. The van der Waals surface area contributed by atoms with Crippen LogP contribution in [0.25, 0.3) is 0 Å². The van der Waals surface area contributed by atoms with Gasteiger partial charge in [0.15, 0.2) is 5.96 Å². The van der Waals surface area contributed by atoms with E-state index in [4.69, 9.17) is 9.47 Å². The molecule has 7 heteroatoms. The van der Waals surface area contributed by atoms with Crippen LogP contribution >= 0.6 is 24.0 Å². The first kappa shape index (κ1) is 27.2. The van der Waals surface area contributed by atoms with Crippen molar-refractivity contribution in [1.82, 2.24) is 15.5 Å². The smallest absolute Gasteiger partial charge is 0.191 e. The number of hydrogen-bond acceptors (Lipinski definition) is 4. The molecule has 0 fully saturated rings. The fourth-order valence-corrected chi connectivity index (χ4v) is 3.09. The maximum atomic E-state index is 5.93. The van der Waals surface area contributed by atoms with Crippen LogP contribution in [-0.4, -0.2) is 51.8 Å². The summed E-state index contributed by atoms with van der Waals surface area (Å²) in [6.45, 7) is 8.16. The van der Waals surface area contributed by atoms with Gasteiger partial charge in [-0.15, -0.1) is 24.0 Å². The van der Waals surface area contributed by atoms with Gasteiger partial charge in [-0.1, -0.05) is 36.4 Å². The molecule has 2 rings (SSSR count). The Hall–Kier alpha value is -1.84. The van der Waals surface area contributed by atoms with Gasteiger partial charge in [0.2, 0.25) is 0 Å². The predicted octanol–water partition coefficient (Wildman–Crippen LogP) is 3.96. The molecule has 0 aromatic heterocycles. The summed E-state index contributed by atoms with van der Waals surface area (Å²) < 4.78 is 11.3. The lowest BCUT2D eigenvalue weighted by Gasteiger charge is -2.16. The van der Waals surface area contributed by atoms with Crippen molar-refractivity contribution in [3.63, 3.8) is 0 Å². The van der Waals surface area contributed by atoms with Gasteiger partial charge in [-0.05, 0) is 50.7 Å². The Balaban J connectivity index is 0.00000480. The second-order valence-corrected chi connectivity index (χ2v) is 7.49. The molecule has 0 radical (unpaired) electrons. The second-order valence-electron chi connectivity index (χ2n) is 7.49. The third-order valence-corrected chi connectivity index (χ3v) is 4.53. The standard InChI is InChI=1S/C24H36N4O2.HI/c1-6-29-12-13-30-23-14-19(2)10-11-22(23)17-27-24(25-3)26-16-20-8-7-9-21(15-20)18-28(4)5;/h7-11,14-15H,6,12-13,16-18H2,1-5H3,(H2,25,26,27);1H. The number of guanidine groups is 1. The van der Waals surface area contributed by atoms with Crippen LogP contribution in [0.1, 0.15) is 29.2 Å². The van der Waals surface area contributed by atoms with Crippen molar-refractivity contribution in [1.29, 1.82) is 0 Å². The third kappa shape index (κ3) is 10.3. The summed E-state index contributed by atoms with van der Waals surface area (Å²) in [4.78, 5) is 6.52. The number of aryl methyl sites for hydroxylation is 1. The monoisotopic (exact) mass is 540 g/mol. The minimum absolute atomic E-state index is 0. The highest BCUT2D eigenvalue weighted by Crippen LogP contribution is 2.20. The van der Waals surface area contributed by atoms with Gasteiger partial charge in [0, 0.05) is 38.9 Å². The molecule has 0 aliphatic carbocycles. The summed E-state index contributed by atoms with van der Waals surface area (Å²) in [7, 11) is 5.94. The Kier molecular flexibility index (Phi) is 13.2. The first-order chi connectivity index (χ1) is 14.5. The van der Waals surface area contributed by atoms with Crippen LogP contribution in [0.2, 0.25) is 0 Å². The van der Waals surface area contributed by atoms with Crippen LogP contribution in [-0.2, 0) is 24.4 Å². The summed E-state index contributed by atoms with van der Waals surface area (Å²) in [6.07, 6.45) is 0. The third-order valence-electron chi connectivity index (χ3n) is 4.53. The van der Waals surface area contributed by atoms with Crippen molar-refractivity contribution in [2.75, 3.05) is 41.0 Å². The quantitative estimate of drug-likeness (QED) is 0.196. The minimum Gasteiger partial charge on any atom is -0.491 e. The molecule has 2 aromatic carbocycles. The molecule has 0 bridgehead atoms. The molecule has 0 aliphatic heterocycles. The van der Waals surface area contributed by atoms with Gasteiger partial charge in [0.25, 0.3) is 0 Å². The molecule has 0 heterocycles. The normalized spacial score (nSPS) is 11.2. The van der Waals surface area contributed by atoms with Gasteiger partial charge in [-0.3, -0.25) is 4.99 Å². The lowest BCUT2D eigenvalue weighted by atomic mass is 10.1. The van der Waals surface area contributed by atoms with Crippen molar-refractivity contribution in [2.24, 2.45) is 4.99 Å². The molecule has 0 spiro atoms. The molecule has 6 nitrogen and oxygen atoms in total. The molecule has 31 heavy (non-hydrogen) atoms. The van der Waals surface area contributed by atoms with E-state index < -0.39 is 0 Å². The SMILES string of the molecule is CCOCCOc1cc(C)ccc1CNC(=NC)NCc1cccc(CN(C)C)c1.I. The summed E-state index contributed by atoms with van der Waals surface area (Å²) in [5.74, 6) is 1.64. The average molecular weight is 540 g/mol. The van der Waals surface area contributed by atoms with Crippen molar-refractivity contribution >= 4 is 29.9 Å². The Morgan fingerprint density at radius 1 is 1.00 bits per heavy atom.